The van der Waals surface area contributed by atoms with Crippen LogP contribution in [0.5, 0.6) is 0 Å². The number of fused-ring (bicyclic) bond motifs is 1. The van der Waals surface area contributed by atoms with Gasteiger partial charge in [-0.25, -0.2) is 4.79 Å². The molecule has 4 heteroatoms. The number of nitrogens with zero attached hydrogens (tertiary/aromatic N) is 2. The summed E-state index contributed by atoms with van der Waals surface area (Å²) in [5, 5.41) is 0. The standard InChI is InChI=1S/C12H20N2O2/c1-11(2)7-8(12(11,3)4)13(5)10(16)14(6)9(7)15/h7-8H,1-6H3/t7-,8-/m0/s1. The van der Waals surface area contributed by atoms with Crippen LogP contribution in [0.1, 0.15) is 27.7 Å². The number of rotatable bonds is 0. The van der Waals surface area contributed by atoms with E-state index in [4.69, 9.17) is 0 Å². The van der Waals surface area contributed by atoms with E-state index in [1.54, 1.807) is 19.0 Å². The van der Waals surface area contributed by atoms with Crippen LogP contribution >= 0.6 is 0 Å². The minimum Gasteiger partial charge on any atom is -0.323 e. The molecule has 0 spiro atoms. The molecular weight excluding hydrogens is 204 g/mol. The summed E-state index contributed by atoms with van der Waals surface area (Å²) in [6.07, 6.45) is 0. The molecule has 2 aliphatic rings. The van der Waals surface area contributed by atoms with Crippen molar-refractivity contribution >= 4 is 11.9 Å². The van der Waals surface area contributed by atoms with Crippen LogP contribution < -0.4 is 0 Å². The second-order valence-electron chi connectivity index (χ2n) is 6.16. The molecule has 0 aromatic rings. The first-order chi connectivity index (χ1) is 7.14. The largest absolute Gasteiger partial charge is 0.326 e. The van der Waals surface area contributed by atoms with Gasteiger partial charge < -0.3 is 4.90 Å². The van der Waals surface area contributed by atoms with E-state index in [9.17, 15) is 9.59 Å². The van der Waals surface area contributed by atoms with E-state index in [-0.39, 0.29) is 34.7 Å². The van der Waals surface area contributed by atoms with Gasteiger partial charge in [0.05, 0.1) is 12.0 Å². The Morgan fingerprint density at radius 1 is 1.00 bits per heavy atom. The molecule has 1 saturated heterocycles. The first-order valence-corrected chi connectivity index (χ1v) is 5.68. The molecule has 1 saturated carbocycles. The molecule has 3 amide bonds. The van der Waals surface area contributed by atoms with Crippen molar-refractivity contribution in [1.29, 1.82) is 0 Å². The molecule has 0 bridgehead atoms. The summed E-state index contributed by atoms with van der Waals surface area (Å²) in [7, 11) is 3.36. The average molecular weight is 224 g/mol. The van der Waals surface area contributed by atoms with Gasteiger partial charge in [-0.15, -0.1) is 0 Å². The van der Waals surface area contributed by atoms with Crippen LogP contribution in [0.2, 0.25) is 0 Å². The topological polar surface area (TPSA) is 40.6 Å². The highest BCUT2D eigenvalue weighted by Gasteiger charge is 2.69. The lowest BCUT2D eigenvalue weighted by atomic mass is 9.42. The van der Waals surface area contributed by atoms with Crippen molar-refractivity contribution in [3.05, 3.63) is 0 Å². The highest BCUT2D eigenvalue weighted by atomic mass is 16.2. The molecule has 2 atom stereocenters. The molecule has 1 aliphatic carbocycles. The summed E-state index contributed by atoms with van der Waals surface area (Å²) in [6.45, 7) is 8.50. The van der Waals surface area contributed by atoms with Gasteiger partial charge in [-0.3, -0.25) is 9.69 Å². The number of urea groups is 1. The summed E-state index contributed by atoms with van der Waals surface area (Å²) >= 11 is 0. The van der Waals surface area contributed by atoms with E-state index < -0.39 is 0 Å². The molecule has 1 aliphatic heterocycles. The van der Waals surface area contributed by atoms with E-state index in [1.165, 1.54) is 4.90 Å². The third-order valence-corrected chi connectivity index (χ3v) is 5.10. The van der Waals surface area contributed by atoms with Gasteiger partial charge in [0.2, 0.25) is 5.91 Å². The van der Waals surface area contributed by atoms with Crippen LogP contribution in [0, 0.1) is 16.7 Å². The maximum absolute atomic E-state index is 12.1. The maximum Gasteiger partial charge on any atom is 0.326 e. The molecule has 0 aromatic heterocycles. The van der Waals surface area contributed by atoms with Crippen molar-refractivity contribution in [1.82, 2.24) is 9.80 Å². The molecule has 0 aromatic carbocycles. The van der Waals surface area contributed by atoms with Crippen LogP contribution in [0.3, 0.4) is 0 Å². The van der Waals surface area contributed by atoms with Crippen molar-refractivity contribution in [2.45, 2.75) is 33.7 Å². The summed E-state index contributed by atoms with van der Waals surface area (Å²) < 4.78 is 0. The molecule has 90 valence electrons. The van der Waals surface area contributed by atoms with Crippen molar-refractivity contribution < 1.29 is 9.59 Å². The van der Waals surface area contributed by atoms with Crippen LogP contribution in [0.4, 0.5) is 4.79 Å². The predicted octanol–water partition coefficient (Wildman–Crippen LogP) is 1.56. The molecule has 0 N–H and O–H groups in total. The lowest BCUT2D eigenvalue weighted by Gasteiger charge is -2.68. The lowest BCUT2D eigenvalue weighted by Crippen LogP contribution is -2.77. The van der Waals surface area contributed by atoms with Crippen molar-refractivity contribution in [3.8, 4) is 0 Å². The van der Waals surface area contributed by atoms with Crippen LogP contribution in [-0.2, 0) is 4.79 Å². The fourth-order valence-electron chi connectivity index (χ4n) is 3.31. The van der Waals surface area contributed by atoms with Crippen molar-refractivity contribution in [2.24, 2.45) is 16.7 Å². The van der Waals surface area contributed by atoms with E-state index >= 15 is 0 Å². The minimum absolute atomic E-state index is 0.0149. The fourth-order valence-corrected chi connectivity index (χ4v) is 3.31. The van der Waals surface area contributed by atoms with Crippen LogP contribution in [0.25, 0.3) is 0 Å². The first kappa shape index (κ1) is 11.4. The number of imide groups is 1. The number of carbonyl (C=O) groups excluding carboxylic acids is 2. The number of hydrogen-bond donors (Lipinski definition) is 0. The molecule has 2 fully saturated rings. The fraction of sp³-hybridized carbons (Fsp3) is 0.833. The van der Waals surface area contributed by atoms with E-state index in [0.29, 0.717) is 0 Å². The van der Waals surface area contributed by atoms with Gasteiger partial charge in [-0.05, 0) is 10.8 Å². The number of carbonyl (C=O) groups is 2. The lowest BCUT2D eigenvalue weighted by molar-refractivity contribution is -0.197. The Balaban J connectivity index is 2.44. The Morgan fingerprint density at radius 2 is 1.50 bits per heavy atom. The Hall–Kier alpha value is -1.06. The number of amides is 3. The Labute approximate surface area is 96.6 Å². The van der Waals surface area contributed by atoms with E-state index in [2.05, 4.69) is 27.7 Å². The molecule has 0 unspecified atom stereocenters. The van der Waals surface area contributed by atoms with Gasteiger partial charge in [-0.2, -0.15) is 0 Å². The highest BCUT2D eigenvalue weighted by Crippen LogP contribution is 2.63. The Bertz CT molecular complexity index is 373. The zero-order chi connectivity index (χ0) is 12.5. The van der Waals surface area contributed by atoms with Crippen molar-refractivity contribution in [3.63, 3.8) is 0 Å². The highest BCUT2D eigenvalue weighted by molar-refractivity contribution is 5.99. The summed E-state index contributed by atoms with van der Waals surface area (Å²) in [6, 6.07) is -0.145. The molecule has 2 rings (SSSR count). The Morgan fingerprint density at radius 3 is 2.00 bits per heavy atom. The quantitative estimate of drug-likeness (QED) is 0.626. The predicted molar refractivity (Wildman–Crippen MR) is 60.8 cm³/mol. The van der Waals surface area contributed by atoms with Crippen molar-refractivity contribution in [2.75, 3.05) is 14.1 Å². The maximum atomic E-state index is 12.1. The third kappa shape index (κ3) is 0.955. The van der Waals surface area contributed by atoms with Crippen LogP contribution in [-0.4, -0.2) is 41.9 Å². The normalized spacial score (nSPS) is 35.9. The monoisotopic (exact) mass is 224 g/mol. The van der Waals surface area contributed by atoms with Gasteiger partial charge in [-0.1, -0.05) is 27.7 Å². The van der Waals surface area contributed by atoms with Gasteiger partial charge in [0.1, 0.15) is 0 Å². The van der Waals surface area contributed by atoms with Gasteiger partial charge >= 0.3 is 6.03 Å². The smallest absolute Gasteiger partial charge is 0.323 e. The summed E-state index contributed by atoms with van der Waals surface area (Å²) in [5.41, 5.74) is -0.0725. The second-order valence-corrected chi connectivity index (χ2v) is 6.16. The second kappa shape index (κ2) is 2.79. The van der Waals surface area contributed by atoms with Gasteiger partial charge in [0, 0.05) is 14.1 Å². The van der Waals surface area contributed by atoms with Gasteiger partial charge in [0.15, 0.2) is 0 Å². The average Bonchev–Trinajstić information content (AvgIpc) is 2.19. The molecule has 0 radical (unpaired) electrons. The molecule has 4 nitrogen and oxygen atoms in total. The zero-order valence-corrected chi connectivity index (χ0v) is 10.9. The van der Waals surface area contributed by atoms with E-state index in [1.807, 2.05) is 0 Å². The first-order valence-electron chi connectivity index (χ1n) is 5.68. The van der Waals surface area contributed by atoms with E-state index in [0.717, 1.165) is 0 Å². The number of hydrogen-bond acceptors (Lipinski definition) is 2. The van der Waals surface area contributed by atoms with Gasteiger partial charge in [0.25, 0.3) is 0 Å². The molecule has 1 heterocycles. The van der Waals surface area contributed by atoms with Crippen LogP contribution in [0.15, 0.2) is 0 Å². The summed E-state index contributed by atoms with van der Waals surface area (Å²) in [4.78, 5) is 26.9. The SMILES string of the molecule is CN1C(=O)[C@@H]2[C@H](N(C)C1=O)C(C)(C)C2(C)C. The summed E-state index contributed by atoms with van der Waals surface area (Å²) in [5.74, 6) is -0.0902. The third-order valence-electron chi connectivity index (χ3n) is 5.10. The molecule has 16 heavy (non-hydrogen) atoms. The Kier molecular flexibility index (Phi) is 1.99. The minimum atomic E-state index is -0.185. The molecular formula is C12H20N2O2. The zero-order valence-electron chi connectivity index (χ0n) is 10.9.